The average molecular weight is 467 g/mol. The highest BCUT2D eigenvalue weighted by molar-refractivity contribution is 5.99. The second-order valence-electron chi connectivity index (χ2n) is 7.53. The number of hydrogen-bond donors (Lipinski definition) is 0. The van der Waals surface area contributed by atoms with Crippen LogP contribution in [-0.4, -0.2) is 52.1 Å². The molecule has 0 atom stereocenters. The summed E-state index contributed by atoms with van der Waals surface area (Å²) < 4.78 is 32.0. The summed E-state index contributed by atoms with van der Waals surface area (Å²) in [5, 5.41) is 0. The van der Waals surface area contributed by atoms with Gasteiger partial charge in [0.15, 0.2) is 23.0 Å². The maximum atomic E-state index is 12.9. The lowest BCUT2D eigenvalue weighted by molar-refractivity contribution is -0.137. The van der Waals surface area contributed by atoms with Gasteiger partial charge in [0.1, 0.15) is 0 Å². The van der Waals surface area contributed by atoms with Gasteiger partial charge in [-0.2, -0.15) is 0 Å². The topological polar surface area (TPSA) is 92.8 Å². The lowest BCUT2D eigenvalue weighted by atomic mass is 9.82. The van der Waals surface area contributed by atoms with Gasteiger partial charge in [-0.3, -0.25) is 0 Å². The minimum atomic E-state index is -0.794. The number of carbonyl (C=O) groups is 2. The summed E-state index contributed by atoms with van der Waals surface area (Å²) in [5.41, 5.74) is 1.95. The van der Waals surface area contributed by atoms with Gasteiger partial charge in [-0.1, -0.05) is 18.2 Å². The van der Waals surface area contributed by atoms with Crippen molar-refractivity contribution in [1.82, 2.24) is 4.90 Å². The summed E-state index contributed by atoms with van der Waals surface area (Å²) in [7, 11) is 5.60. The molecule has 2 aromatic rings. The smallest absolute Gasteiger partial charge is 0.336 e. The first kappa shape index (κ1) is 23.0. The molecule has 0 unspecified atom stereocenters. The number of para-hydroxylation sites is 1. The van der Waals surface area contributed by atoms with E-state index in [1.165, 1.54) is 28.4 Å². The van der Waals surface area contributed by atoms with Crippen LogP contribution in [0.4, 0.5) is 0 Å². The summed E-state index contributed by atoms with van der Waals surface area (Å²) in [6.07, 6.45) is 3.32. The van der Waals surface area contributed by atoms with Crippen LogP contribution in [0.25, 0.3) is 0 Å². The van der Waals surface area contributed by atoms with Gasteiger partial charge in [0.25, 0.3) is 0 Å². The Hall–Kier alpha value is -4.14. The monoisotopic (exact) mass is 467 g/mol. The second kappa shape index (κ2) is 9.78. The van der Waals surface area contributed by atoms with Crippen molar-refractivity contribution in [3.63, 3.8) is 0 Å². The van der Waals surface area contributed by atoms with E-state index in [0.29, 0.717) is 35.1 Å². The van der Waals surface area contributed by atoms with Gasteiger partial charge >= 0.3 is 11.9 Å². The number of methoxy groups -OCH3 is 4. The lowest BCUT2D eigenvalue weighted by Gasteiger charge is -2.31. The summed E-state index contributed by atoms with van der Waals surface area (Å²) in [4.78, 5) is 27.6. The fourth-order valence-electron chi connectivity index (χ4n) is 4.10. The van der Waals surface area contributed by atoms with Crippen LogP contribution in [0.15, 0.2) is 59.9 Å². The molecular weight excluding hydrogens is 442 g/mol. The third-order valence-corrected chi connectivity index (χ3v) is 5.62. The van der Waals surface area contributed by atoms with E-state index in [-0.39, 0.29) is 17.9 Å². The number of rotatable bonds is 7. The summed E-state index contributed by atoms with van der Waals surface area (Å²) >= 11 is 0. The minimum Gasteiger partial charge on any atom is -0.493 e. The van der Waals surface area contributed by atoms with Gasteiger partial charge < -0.3 is 33.3 Å². The van der Waals surface area contributed by atoms with E-state index in [4.69, 9.17) is 28.4 Å². The van der Waals surface area contributed by atoms with Crippen LogP contribution in [0.5, 0.6) is 23.0 Å². The minimum absolute atomic E-state index is 0.172. The zero-order valence-corrected chi connectivity index (χ0v) is 19.3. The molecule has 0 bridgehead atoms. The fourth-order valence-corrected chi connectivity index (χ4v) is 4.10. The summed E-state index contributed by atoms with van der Waals surface area (Å²) in [6, 6.07) is 10.8. The zero-order valence-electron chi connectivity index (χ0n) is 19.3. The molecule has 2 aliphatic rings. The van der Waals surface area contributed by atoms with E-state index in [9.17, 15) is 9.59 Å². The zero-order chi connectivity index (χ0) is 24.2. The summed E-state index contributed by atoms with van der Waals surface area (Å²) in [6.45, 7) is 0.533. The number of hydrogen-bond acceptors (Lipinski definition) is 9. The normalized spacial score (nSPS) is 14.8. The van der Waals surface area contributed by atoms with Crippen LogP contribution < -0.4 is 18.9 Å². The Morgan fingerprint density at radius 2 is 1.59 bits per heavy atom. The Morgan fingerprint density at radius 3 is 2.21 bits per heavy atom. The number of nitrogens with zero attached hydrogens (tertiary/aromatic N) is 1. The molecule has 0 radical (unpaired) electrons. The predicted octanol–water partition coefficient (Wildman–Crippen LogP) is 3.15. The molecule has 2 aromatic carbocycles. The Labute approximate surface area is 197 Å². The molecular formula is C25H25NO8. The fraction of sp³-hybridized carbons (Fsp3) is 0.280. The van der Waals surface area contributed by atoms with Gasteiger partial charge in [0.05, 0.1) is 45.5 Å². The quantitative estimate of drug-likeness (QED) is 0.570. The van der Waals surface area contributed by atoms with Crippen LogP contribution in [0.1, 0.15) is 17.0 Å². The molecule has 0 spiro atoms. The van der Waals surface area contributed by atoms with Crippen molar-refractivity contribution in [3.8, 4) is 23.0 Å². The highest BCUT2D eigenvalue weighted by atomic mass is 16.7. The van der Waals surface area contributed by atoms with Crippen molar-refractivity contribution in [2.75, 3.05) is 35.2 Å². The first-order chi connectivity index (χ1) is 16.5. The molecule has 0 aromatic heterocycles. The van der Waals surface area contributed by atoms with Crippen molar-refractivity contribution in [3.05, 3.63) is 71.1 Å². The van der Waals surface area contributed by atoms with Gasteiger partial charge in [-0.15, -0.1) is 0 Å². The third-order valence-electron chi connectivity index (χ3n) is 5.62. The Balaban J connectivity index is 1.80. The lowest BCUT2D eigenvalue weighted by Crippen LogP contribution is -2.29. The number of benzene rings is 2. The van der Waals surface area contributed by atoms with Gasteiger partial charge in [0.2, 0.25) is 6.79 Å². The highest BCUT2D eigenvalue weighted by Crippen LogP contribution is 2.44. The van der Waals surface area contributed by atoms with Crippen LogP contribution in [0.3, 0.4) is 0 Å². The molecule has 0 saturated heterocycles. The molecule has 4 rings (SSSR count). The molecule has 34 heavy (non-hydrogen) atoms. The molecule has 0 N–H and O–H groups in total. The van der Waals surface area contributed by atoms with Gasteiger partial charge in [-0.25, -0.2) is 9.59 Å². The van der Waals surface area contributed by atoms with Crippen LogP contribution >= 0.6 is 0 Å². The molecule has 2 aliphatic heterocycles. The molecule has 0 saturated carbocycles. The van der Waals surface area contributed by atoms with Gasteiger partial charge in [0, 0.05) is 24.5 Å². The molecule has 0 amide bonds. The standard InChI is InChI=1S/C25H25NO8/c1-29-20-7-5-6-16(23(20)30-2)22-17(24(27)31-3)12-26(13-18(22)25(28)32-4)11-15-8-9-19-21(10-15)34-14-33-19/h5-10,12-13,22H,11,14H2,1-4H3. The Kier molecular flexibility index (Phi) is 6.62. The number of carbonyl (C=O) groups excluding carboxylic acids is 2. The van der Waals surface area contributed by atoms with Crippen LogP contribution in [-0.2, 0) is 25.6 Å². The number of fused-ring (bicyclic) bond motifs is 1. The van der Waals surface area contributed by atoms with Crippen LogP contribution in [0, 0.1) is 0 Å². The molecule has 0 aliphatic carbocycles. The van der Waals surface area contributed by atoms with E-state index in [1.54, 1.807) is 35.5 Å². The predicted molar refractivity (Wildman–Crippen MR) is 121 cm³/mol. The SMILES string of the molecule is COC(=O)C1=CN(Cc2ccc3c(c2)OCO3)C=C(C(=O)OC)C1c1cccc(OC)c1OC. The number of esters is 2. The maximum Gasteiger partial charge on any atom is 0.336 e. The Bertz CT molecular complexity index is 1140. The first-order valence-corrected chi connectivity index (χ1v) is 10.5. The van der Waals surface area contributed by atoms with Crippen molar-refractivity contribution in [2.45, 2.75) is 12.5 Å². The third kappa shape index (κ3) is 4.24. The Morgan fingerprint density at radius 1 is 0.912 bits per heavy atom. The van der Waals surface area contributed by atoms with E-state index in [2.05, 4.69) is 0 Å². The van der Waals surface area contributed by atoms with Crippen molar-refractivity contribution < 1.29 is 38.0 Å². The maximum absolute atomic E-state index is 12.9. The summed E-state index contributed by atoms with van der Waals surface area (Å²) in [5.74, 6) is 0.227. The molecule has 0 fully saturated rings. The largest absolute Gasteiger partial charge is 0.493 e. The van der Waals surface area contributed by atoms with Crippen molar-refractivity contribution in [1.29, 1.82) is 0 Å². The highest BCUT2D eigenvalue weighted by Gasteiger charge is 2.37. The van der Waals surface area contributed by atoms with Crippen molar-refractivity contribution in [2.24, 2.45) is 0 Å². The van der Waals surface area contributed by atoms with Crippen molar-refractivity contribution >= 4 is 11.9 Å². The second-order valence-corrected chi connectivity index (χ2v) is 7.53. The van der Waals surface area contributed by atoms with E-state index >= 15 is 0 Å². The average Bonchev–Trinajstić information content (AvgIpc) is 3.34. The number of ether oxygens (including phenoxy) is 6. The van der Waals surface area contributed by atoms with Gasteiger partial charge in [-0.05, 0) is 23.8 Å². The van der Waals surface area contributed by atoms with E-state index < -0.39 is 17.9 Å². The molecule has 178 valence electrons. The molecule has 9 nitrogen and oxygen atoms in total. The van der Waals surface area contributed by atoms with Crippen LogP contribution in [0.2, 0.25) is 0 Å². The van der Waals surface area contributed by atoms with E-state index in [0.717, 1.165) is 5.56 Å². The van der Waals surface area contributed by atoms with E-state index in [1.807, 2.05) is 18.2 Å². The first-order valence-electron chi connectivity index (χ1n) is 10.5. The molecule has 9 heteroatoms. The molecule has 2 heterocycles.